The van der Waals surface area contributed by atoms with Crippen molar-refractivity contribution in [3.8, 4) is 12.3 Å². The van der Waals surface area contributed by atoms with Gasteiger partial charge in [0.15, 0.2) is 0 Å². The molecule has 1 rings (SSSR count). The second kappa shape index (κ2) is 5.39. The van der Waals surface area contributed by atoms with Gasteiger partial charge in [0.25, 0.3) is 0 Å². The molecule has 0 radical (unpaired) electrons. The summed E-state index contributed by atoms with van der Waals surface area (Å²) in [5.41, 5.74) is 1.21. The maximum absolute atomic E-state index is 5.16. The van der Waals surface area contributed by atoms with E-state index in [9.17, 15) is 0 Å². The fraction of sp³-hybridized carbons (Fsp3) is 0.500. The van der Waals surface area contributed by atoms with Crippen molar-refractivity contribution in [1.29, 1.82) is 0 Å². The van der Waals surface area contributed by atoms with Gasteiger partial charge in [-0.1, -0.05) is 0 Å². The van der Waals surface area contributed by atoms with Gasteiger partial charge in [-0.2, -0.15) is 5.10 Å². The molecule has 1 aromatic rings. The molecule has 13 heavy (non-hydrogen) atoms. The number of aromatic nitrogens is 2. The average molecular weight is 177 g/mol. The maximum atomic E-state index is 5.16. The molecule has 0 saturated carbocycles. The van der Waals surface area contributed by atoms with Crippen LogP contribution in [0, 0.1) is 12.3 Å². The standard InChI is InChI=1S/C10H15N3/c1-3-4-5-6-13-9-10(7-11-2)8-12-13/h1,8-9,11H,4-7H2,2H3. The Morgan fingerprint density at radius 1 is 1.69 bits per heavy atom. The zero-order valence-corrected chi connectivity index (χ0v) is 7.95. The summed E-state index contributed by atoms with van der Waals surface area (Å²) in [4.78, 5) is 0. The van der Waals surface area contributed by atoms with Crippen molar-refractivity contribution in [2.75, 3.05) is 7.05 Å². The third-order valence-corrected chi connectivity index (χ3v) is 1.78. The highest BCUT2D eigenvalue weighted by molar-refractivity contribution is 5.02. The first-order chi connectivity index (χ1) is 6.36. The number of rotatable bonds is 5. The summed E-state index contributed by atoms with van der Waals surface area (Å²) in [5, 5.41) is 7.29. The van der Waals surface area contributed by atoms with Gasteiger partial charge in [0.05, 0.1) is 6.20 Å². The summed E-state index contributed by atoms with van der Waals surface area (Å²) in [7, 11) is 1.93. The van der Waals surface area contributed by atoms with Crippen LogP contribution in [0.1, 0.15) is 18.4 Å². The fourth-order valence-corrected chi connectivity index (χ4v) is 1.17. The zero-order chi connectivity index (χ0) is 9.52. The predicted octanol–water partition coefficient (Wildman–Crippen LogP) is 1.02. The van der Waals surface area contributed by atoms with Crippen molar-refractivity contribution in [3.05, 3.63) is 18.0 Å². The van der Waals surface area contributed by atoms with E-state index in [2.05, 4.69) is 16.3 Å². The normalized spacial score (nSPS) is 9.85. The largest absolute Gasteiger partial charge is 0.316 e. The van der Waals surface area contributed by atoms with E-state index in [1.165, 1.54) is 5.56 Å². The van der Waals surface area contributed by atoms with Crippen molar-refractivity contribution in [2.45, 2.75) is 25.9 Å². The van der Waals surface area contributed by atoms with Crippen molar-refractivity contribution in [1.82, 2.24) is 15.1 Å². The lowest BCUT2D eigenvalue weighted by atomic mass is 10.3. The van der Waals surface area contributed by atoms with Crippen LogP contribution < -0.4 is 5.32 Å². The molecule has 0 aromatic carbocycles. The Morgan fingerprint density at radius 3 is 3.23 bits per heavy atom. The summed E-state index contributed by atoms with van der Waals surface area (Å²) in [6.07, 6.45) is 10.9. The lowest BCUT2D eigenvalue weighted by Gasteiger charge is -1.97. The number of aryl methyl sites for hydroxylation is 1. The molecule has 3 nitrogen and oxygen atoms in total. The van der Waals surface area contributed by atoms with Crippen LogP contribution >= 0.6 is 0 Å². The van der Waals surface area contributed by atoms with Crippen LogP contribution in [0.25, 0.3) is 0 Å². The predicted molar refractivity (Wildman–Crippen MR) is 53.1 cm³/mol. The lowest BCUT2D eigenvalue weighted by molar-refractivity contribution is 0.586. The molecule has 1 N–H and O–H groups in total. The summed E-state index contributed by atoms with van der Waals surface area (Å²) in [5.74, 6) is 2.62. The number of hydrogen-bond acceptors (Lipinski definition) is 2. The van der Waals surface area contributed by atoms with Gasteiger partial charge in [-0.25, -0.2) is 0 Å². The number of nitrogens with one attached hydrogen (secondary N) is 1. The zero-order valence-electron chi connectivity index (χ0n) is 7.95. The van der Waals surface area contributed by atoms with E-state index < -0.39 is 0 Å². The van der Waals surface area contributed by atoms with E-state index >= 15 is 0 Å². The van der Waals surface area contributed by atoms with E-state index in [4.69, 9.17) is 6.42 Å². The van der Waals surface area contributed by atoms with Crippen LogP contribution in [0.5, 0.6) is 0 Å². The first-order valence-corrected chi connectivity index (χ1v) is 4.46. The lowest BCUT2D eigenvalue weighted by Crippen LogP contribution is -2.04. The molecular weight excluding hydrogens is 162 g/mol. The third kappa shape index (κ3) is 3.30. The number of hydrogen-bond donors (Lipinski definition) is 1. The first-order valence-electron chi connectivity index (χ1n) is 4.46. The number of nitrogens with zero attached hydrogens (tertiary/aromatic N) is 2. The molecule has 0 saturated heterocycles. The van der Waals surface area contributed by atoms with Gasteiger partial charge < -0.3 is 5.32 Å². The van der Waals surface area contributed by atoms with Crippen molar-refractivity contribution >= 4 is 0 Å². The van der Waals surface area contributed by atoms with E-state index in [0.29, 0.717) is 0 Å². The van der Waals surface area contributed by atoms with Gasteiger partial charge in [0, 0.05) is 31.3 Å². The Hall–Kier alpha value is -1.27. The SMILES string of the molecule is C#CCCCn1cc(CNC)cn1. The Bertz CT molecular complexity index is 283. The highest BCUT2D eigenvalue weighted by Gasteiger charge is 1.95. The molecule has 0 aliphatic heterocycles. The molecular formula is C10H15N3. The fourth-order valence-electron chi connectivity index (χ4n) is 1.17. The number of terminal acetylenes is 1. The van der Waals surface area contributed by atoms with Gasteiger partial charge in [-0.3, -0.25) is 4.68 Å². The molecule has 0 bridgehead atoms. The molecule has 70 valence electrons. The Labute approximate surface area is 79.1 Å². The van der Waals surface area contributed by atoms with E-state index in [-0.39, 0.29) is 0 Å². The van der Waals surface area contributed by atoms with Crippen LogP contribution in [-0.4, -0.2) is 16.8 Å². The summed E-state index contributed by atoms with van der Waals surface area (Å²) in [6.45, 7) is 1.78. The highest BCUT2D eigenvalue weighted by atomic mass is 15.3. The van der Waals surface area contributed by atoms with Crippen molar-refractivity contribution in [3.63, 3.8) is 0 Å². The van der Waals surface area contributed by atoms with Gasteiger partial charge in [-0.15, -0.1) is 12.3 Å². The van der Waals surface area contributed by atoms with Crippen LogP contribution in [-0.2, 0) is 13.1 Å². The quantitative estimate of drug-likeness (QED) is 0.537. The number of unbranched alkanes of at least 4 members (excludes halogenated alkanes) is 1. The molecule has 0 atom stereocenters. The maximum Gasteiger partial charge on any atom is 0.0534 e. The Kier molecular flexibility index (Phi) is 4.07. The van der Waals surface area contributed by atoms with Crippen LogP contribution in [0.15, 0.2) is 12.4 Å². The summed E-state index contributed by atoms with van der Waals surface area (Å²) < 4.78 is 1.93. The monoisotopic (exact) mass is 177 g/mol. The Balaban J connectivity index is 2.36. The molecule has 0 spiro atoms. The summed E-state index contributed by atoms with van der Waals surface area (Å²) in [6, 6.07) is 0. The van der Waals surface area contributed by atoms with Crippen LogP contribution in [0.4, 0.5) is 0 Å². The minimum Gasteiger partial charge on any atom is -0.316 e. The first kappa shape index (κ1) is 9.82. The van der Waals surface area contributed by atoms with Gasteiger partial charge in [0.2, 0.25) is 0 Å². The minimum absolute atomic E-state index is 0.821. The minimum atomic E-state index is 0.821. The van der Waals surface area contributed by atoms with E-state index in [1.54, 1.807) is 0 Å². The summed E-state index contributed by atoms with van der Waals surface area (Å²) >= 11 is 0. The topological polar surface area (TPSA) is 29.9 Å². The molecule has 0 unspecified atom stereocenters. The van der Waals surface area contributed by atoms with Gasteiger partial charge in [0.1, 0.15) is 0 Å². The van der Waals surface area contributed by atoms with E-state index in [0.717, 1.165) is 25.9 Å². The average Bonchev–Trinajstić information content (AvgIpc) is 2.54. The third-order valence-electron chi connectivity index (χ3n) is 1.78. The molecule has 0 fully saturated rings. The second-order valence-corrected chi connectivity index (χ2v) is 2.95. The van der Waals surface area contributed by atoms with Crippen LogP contribution in [0.3, 0.4) is 0 Å². The van der Waals surface area contributed by atoms with Crippen molar-refractivity contribution < 1.29 is 0 Å². The van der Waals surface area contributed by atoms with Crippen molar-refractivity contribution in [2.24, 2.45) is 0 Å². The molecule has 0 aliphatic rings. The van der Waals surface area contributed by atoms with Gasteiger partial charge in [-0.05, 0) is 13.5 Å². The highest BCUT2D eigenvalue weighted by Crippen LogP contribution is 1.99. The molecule has 0 aliphatic carbocycles. The van der Waals surface area contributed by atoms with Gasteiger partial charge >= 0.3 is 0 Å². The Morgan fingerprint density at radius 2 is 2.54 bits per heavy atom. The molecule has 3 heteroatoms. The van der Waals surface area contributed by atoms with E-state index in [1.807, 2.05) is 24.1 Å². The van der Waals surface area contributed by atoms with Crippen LogP contribution in [0.2, 0.25) is 0 Å². The molecule has 1 heterocycles. The molecule has 1 aromatic heterocycles. The second-order valence-electron chi connectivity index (χ2n) is 2.95. The smallest absolute Gasteiger partial charge is 0.0534 e. The molecule has 0 amide bonds.